The Kier molecular flexibility index (Phi) is 11.8. The minimum absolute atomic E-state index is 0.00422. The van der Waals surface area contributed by atoms with Crippen molar-refractivity contribution in [2.24, 2.45) is 5.92 Å². The van der Waals surface area contributed by atoms with Gasteiger partial charge in [-0.05, 0) is 71.7 Å². The molecule has 310 valence electrons. The monoisotopic (exact) mass is 811 g/mol. The average Bonchev–Trinajstić information content (AvgIpc) is 3.88. The molecule has 4 heterocycles. The van der Waals surface area contributed by atoms with Gasteiger partial charge < -0.3 is 34.7 Å². The van der Waals surface area contributed by atoms with Gasteiger partial charge in [0.2, 0.25) is 5.91 Å². The SMILES string of the molecule is C[C@@H]1[C@H](CN2CCC(n3c(=O)[nH]c4ccccc43)CC2)O[C@H](c2ccc(-c3cccc(CNC(=O)[C@@H]4CCCN4C(=O)C(F)(F)F)c3)cc2)O[C@@H]1c1ccc(CO)cc1. The minimum atomic E-state index is -5.03. The largest absolute Gasteiger partial charge is 0.471 e. The summed E-state index contributed by atoms with van der Waals surface area (Å²) in [6, 6.07) is 30.0. The van der Waals surface area contributed by atoms with Gasteiger partial charge in [0, 0.05) is 50.2 Å². The number of aliphatic hydroxyl groups is 1. The molecule has 3 aliphatic heterocycles. The van der Waals surface area contributed by atoms with Gasteiger partial charge in [-0.2, -0.15) is 13.2 Å². The number of halogens is 3. The van der Waals surface area contributed by atoms with Crippen LogP contribution in [-0.2, 0) is 32.2 Å². The van der Waals surface area contributed by atoms with E-state index >= 15 is 0 Å². The lowest BCUT2D eigenvalue weighted by Crippen LogP contribution is -2.50. The third-order valence-electron chi connectivity index (χ3n) is 12.1. The van der Waals surface area contributed by atoms with Gasteiger partial charge in [-0.25, -0.2) is 4.79 Å². The zero-order valence-corrected chi connectivity index (χ0v) is 32.7. The molecule has 2 amide bonds. The first-order chi connectivity index (χ1) is 28.5. The van der Waals surface area contributed by atoms with E-state index in [4.69, 9.17) is 9.47 Å². The molecule has 0 bridgehead atoms. The number of hydrogen-bond donors (Lipinski definition) is 3. The number of amides is 2. The van der Waals surface area contributed by atoms with Crippen molar-refractivity contribution in [3.63, 3.8) is 0 Å². The molecule has 5 atom stereocenters. The van der Waals surface area contributed by atoms with Crippen molar-refractivity contribution >= 4 is 22.8 Å². The molecule has 5 aromatic rings. The summed E-state index contributed by atoms with van der Waals surface area (Å²) in [7, 11) is 0. The van der Waals surface area contributed by atoms with Crippen molar-refractivity contribution in [3.8, 4) is 11.1 Å². The first-order valence-electron chi connectivity index (χ1n) is 20.2. The number of likely N-dealkylation sites (tertiary alicyclic amines) is 2. The summed E-state index contributed by atoms with van der Waals surface area (Å²) >= 11 is 0. The number of fused-ring (bicyclic) bond motifs is 1. The van der Waals surface area contributed by atoms with Crippen LogP contribution < -0.4 is 11.0 Å². The lowest BCUT2D eigenvalue weighted by atomic mass is 9.89. The van der Waals surface area contributed by atoms with E-state index in [1.165, 1.54) is 0 Å². The van der Waals surface area contributed by atoms with Crippen molar-refractivity contribution in [2.45, 2.75) is 82.5 Å². The standard InChI is InChI=1S/C45H48F3N5O6/c1-28-39(26-51-22-19-35(20-23-51)53-37-9-3-2-8-36(37)50-44(53)57)58-42(59-40(28)32-13-11-29(27-54)12-14-32)33-17-15-31(16-18-33)34-7-4-6-30(24-34)25-49-41(55)38-10-5-21-52(38)43(56)45(46,47)48/h2-4,6-9,11-18,24,28,35,38-40,42,54H,5,10,19-23,25-27H2,1H3,(H,49,55)(H,50,57)/t28-,38+,39+,40+,42+/m1/s1. The maximum atomic E-state index is 13.1. The Morgan fingerprint density at radius 2 is 1.58 bits per heavy atom. The number of nitrogens with one attached hydrogen (secondary N) is 2. The summed E-state index contributed by atoms with van der Waals surface area (Å²) < 4.78 is 54.7. The van der Waals surface area contributed by atoms with Gasteiger partial charge in [0.05, 0.1) is 29.8 Å². The van der Waals surface area contributed by atoms with Crippen LogP contribution in [0, 0.1) is 5.92 Å². The van der Waals surface area contributed by atoms with E-state index in [1.807, 2.05) is 102 Å². The van der Waals surface area contributed by atoms with E-state index in [0.29, 0.717) is 17.9 Å². The summed E-state index contributed by atoms with van der Waals surface area (Å²) in [5.41, 5.74) is 6.92. The molecule has 11 nitrogen and oxygen atoms in total. The lowest BCUT2D eigenvalue weighted by molar-refractivity contribution is -0.276. The summed E-state index contributed by atoms with van der Waals surface area (Å²) in [5, 5.41) is 12.4. The number of H-pyrrole nitrogens is 1. The molecule has 0 aliphatic carbocycles. The summed E-state index contributed by atoms with van der Waals surface area (Å²) in [6.45, 7) is 4.42. The Labute approximate surface area is 339 Å². The first kappa shape index (κ1) is 40.5. The van der Waals surface area contributed by atoms with Gasteiger partial charge in [0.25, 0.3) is 0 Å². The van der Waals surface area contributed by atoms with Crippen molar-refractivity contribution in [1.82, 2.24) is 24.7 Å². The Hall–Kier alpha value is -5.28. The Balaban J connectivity index is 0.945. The second kappa shape index (κ2) is 17.1. The number of alkyl halides is 3. The predicted octanol–water partition coefficient (Wildman–Crippen LogP) is 6.79. The zero-order chi connectivity index (χ0) is 41.3. The van der Waals surface area contributed by atoms with Gasteiger partial charge in [-0.15, -0.1) is 0 Å². The number of aromatic nitrogens is 2. The summed E-state index contributed by atoms with van der Waals surface area (Å²) in [5.74, 6) is -2.59. The molecule has 4 aromatic carbocycles. The number of ether oxygens (including phenoxy) is 2. The highest BCUT2D eigenvalue weighted by Crippen LogP contribution is 2.42. The van der Waals surface area contributed by atoms with Crippen LogP contribution in [0.3, 0.4) is 0 Å². The Bertz CT molecular complexity index is 2320. The van der Waals surface area contributed by atoms with Crippen LogP contribution in [0.25, 0.3) is 22.2 Å². The number of aromatic amines is 1. The molecule has 0 radical (unpaired) electrons. The maximum Gasteiger partial charge on any atom is 0.471 e. The first-order valence-corrected chi connectivity index (χ1v) is 20.2. The highest BCUT2D eigenvalue weighted by atomic mass is 19.4. The van der Waals surface area contributed by atoms with E-state index in [-0.39, 0.29) is 56.0 Å². The Morgan fingerprint density at radius 3 is 2.31 bits per heavy atom. The predicted molar refractivity (Wildman–Crippen MR) is 215 cm³/mol. The number of carbonyl (C=O) groups excluding carboxylic acids is 2. The number of hydrogen-bond acceptors (Lipinski definition) is 7. The molecule has 8 rings (SSSR count). The zero-order valence-electron chi connectivity index (χ0n) is 32.7. The second-order valence-corrected chi connectivity index (χ2v) is 15.9. The number of nitrogens with zero attached hydrogens (tertiary/aromatic N) is 3. The van der Waals surface area contributed by atoms with Crippen molar-refractivity contribution in [2.75, 3.05) is 26.2 Å². The molecule has 14 heteroatoms. The van der Waals surface area contributed by atoms with Crippen LogP contribution in [0.4, 0.5) is 13.2 Å². The highest BCUT2D eigenvalue weighted by molar-refractivity contribution is 5.90. The third-order valence-corrected chi connectivity index (χ3v) is 12.1. The molecule has 3 fully saturated rings. The second-order valence-electron chi connectivity index (χ2n) is 15.9. The van der Waals surface area contributed by atoms with Crippen molar-refractivity contribution < 1.29 is 37.3 Å². The molecular formula is C45H48F3N5O6. The molecule has 59 heavy (non-hydrogen) atoms. The van der Waals surface area contributed by atoms with Crippen molar-refractivity contribution in [1.29, 1.82) is 0 Å². The smallest absolute Gasteiger partial charge is 0.392 e. The van der Waals surface area contributed by atoms with E-state index in [9.17, 15) is 32.7 Å². The average molecular weight is 812 g/mol. The number of aliphatic hydroxyl groups excluding tert-OH is 1. The molecule has 0 spiro atoms. The summed E-state index contributed by atoms with van der Waals surface area (Å²) in [6.07, 6.45) is -3.94. The number of benzene rings is 4. The minimum Gasteiger partial charge on any atom is -0.392 e. The van der Waals surface area contributed by atoms with Crippen LogP contribution >= 0.6 is 0 Å². The third kappa shape index (κ3) is 8.72. The number of piperidine rings is 1. The molecular weight excluding hydrogens is 764 g/mol. The van der Waals surface area contributed by atoms with Gasteiger partial charge in [-0.3, -0.25) is 14.2 Å². The fraction of sp³-hybridized carbons (Fsp3) is 0.400. The van der Waals surface area contributed by atoms with Gasteiger partial charge in [0.15, 0.2) is 6.29 Å². The van der Waals surface area contributed by atoms with E-state index in [1.54, 1.807) is 0 Å². The number of rotatable bonds is 10. The van der Waals surface area contributed by atoms with Gasteiger partial charge in [-0.1, -0.05) is 85.8 Å². The molecule has 3 saturated heterocycles. The lowest BCUT2D eigenvalue weighted by Gasteiger charge is -2.44. The molecule has 1 aromatic heterocycles. The molecule has 0 unspecified atom stereocenters. The van der Waals surface area contributed by atoms with Crippen molar-refractivity contribution in [3.05, 3.63) is 130 Å². The Morgan fingerprint density at radius 1 is 0.847 bits per heavy atom. The normalized spacial score (nSPS) is 23.1. The summed E-state index contributed by atoms with van der Waals surface area (Å²) in [4.78, 5) is 43.7. The fourth-order valence-electron chi connectivity index (χ4n) is 8.83. The molecule has 3 N–H and O–H groups in total. The molecule has 0 saturated carbocycles. The fourth-order valence-corrected chi connectivity index (χ4v) is 8.83. The molecule has 3 aliphatic rings. The number of imidazole rings is 1. The van der Waals surface area contributed by atoms with Gasteiger partial charge >= 0.3 is 17.8 Å². The van der Waals surface area contributed by atoms with Crippen LogP contribution in [0.1, 0.15) is 73.3 Å². The van der Waals surface area contributed by atoms with Crippen LogP contribution in [0.15, 0.2) is 102 Å². The van der Waals surface area contributed by atoms with Crippen LogP contribution in [0.2, 0.25) is 0 Å². The number of carbonyl (C=O) groups is 2. The van der Waals surface area contributed by atoms with Crippen LogP contribution in [0.5, 0.6) is 0 Å². The van der Waals surface area contributed by atoms with Crippen LogP contribution in [-0.4, -0.2) is 80.8 Å². The topological polar surface area (TPSA) is 129 Å². The van der Waals surface area contributed by atoms with E-state index in [0.717, 1.165) is 70.3 Å². The van der Waals surface area contributed by atoms with E-state index in [2.05, 4.69) is 22.1 Å². The highest BCUT2D eigenvalue weighted by Gasteiger charge is 2.47. The van der Waals surface area contributed by atoms with Gasteiger partial charge in [0.1, 0.15) is 6.04 Å². The van der Waals surface area contributed by atoms with E-state index < -0.39 is 30.3 Å². The number of para-hydroxylation sites is 2. The maximum absolute atomic E-state index is 13.1. The quantitative estimate of drug-likeness (QED) is 0.142.